The Bertz CT molecular complexity index is 160. The molecule has 2 N–H and O–H groups in total. The molecule has 64 valence electrons. The Hall–Kier alpha value is -0.773. The molecule has 0 aromatic rings. The van der Waals surface area contributed by atoms with Crippen molar-refractivity contribution in [2.45, 2.75) is 19.6 Å². The first kappa shape index (κ1) is 10.2. The summed E-state index contributed by atoms with van der Waals surface area (Å²) in [4.78, 5) is 9.99. The lowest BCUT2D eigenvalue weighted by Gasteiger charge is -2.07. The van der Waals surface area contributed by atoms with Gasteiger partial charge in [-0.15, -0.1) is 0 Å². The summed E-state index contributed by atoms with van der Waals surface area (Å²) in [7, 11) is -1.14. The van der Waals surface area contributed by atoms with E-state index in [1.165, 1.54) is 0 Å². The molecule has 0 aliphatic rings. The molecule has 0 spiro atoms. The van der Waals surface area contributed by atoms with Crippen LogP contribution in [0.25, 0.3) is 0 Å². The first-order chi connectivity index (χ1) is 4.92. The smallest absolute Gasteiger partial charge is 0.404 e. The molecule has 0 radical (unpaired) electrons. The number of amides is 1. The lowest BCUT2D eigenvalue weighted by Crippen LogP contribution is -2.22. The monoisotopic (exact) mass is 173 g/mol. The maximum absolute atomic E-state index is 9.99. The first-order valence-corrected chi connectivity index (χ1v) is 7.14. The van der Waals surface area contributed by atoms with Crippen LogP contribution >= 0.6 is 0 Å². The van der Waals surface area contributed by atoms with Gasteiger partial charge in [0, 0.05) is 6.54 Å². The quantitative estimate of drug-likeness (QED) is 0.638. The van der Waals surface area contributed by atoms with Crippen molar-refractivity contribution in [2.75, 3.05) is 6.54 Å². The van der Waals surface area contributed by atoms with E-state index in [0.717, 1.165) is 0 Å². The van der Waals surface area contributed by atoms with E-state index in [1.807, 2.05) is 6.08 Å². The Labute approximate surface area is 68.1 Å². The SMILES string of the molecule is C[Si](C)(C)/C=C/CNC(=O)O. The summed E-state index contributed by atoms with van der Waals surface area (Å²) >= 11 is 0. The van der Waals surface area contributed by atoms with Gasteiger partial charge in [-0.3, -0.25) is 0 Å². The second kappa shape index (κ2) is 4.18. The number of carbonyl (C=O) groups is 1. The van der Waals surface area contributed by atoms with Gasteiger partial charge in [-0.25, -0.2) is 4.79 Å². The summed E-state index contributed by atoms with van der Waals surface area (Å²) in [5.74, 6) is 0. The van der Waals surface area contributed by atoms with Crippen LogP contribution in [0, 0.1) is 0 Å². The molecular formula is C7H15NO2Si. The topological polar surface area (TPSA) is 49.3 Å². The van der Waals surface area contributed by atoms with E-state index in [1.54, 1.807) is 0 Å². The van der Waals surface area contributed by atoms with Gasteiger partial charge in [0.15, 0.2) is 0 Å². The van der Waals surface area contributed by atoms with E-state index in [4.69, 9.17) is 5.11 Å². The Morgan fingerprint density at radius 2 is 2.09 bits per heavy atom. The summed E-state index contributed by atoms with van der Waals surface area (Å²) in [6.45, 7) is 7.01. The van der Waals surface area contributed by atoms with Crippen molar-refractivity contribution in [1.29, 1.82) is 0 Å². The van der Waals surface area contributed by atoms with Gasteiger partial charge in [0.2, 0.25) is 0 Å². The number of rotatable bonds is 3. The summed E-state index contributed by atoms with van der Waals surface area (Å²) in [5.41, 5.74) is 2.11. The molecule has 0 aromatic heterocycles. The Balaban J connectivity index is 3.54. The van der Waals surface area contributed by atoms with Crippen LogP contribution in [0.2, 0.25) is 19.6 Å². The molecule has 0 rings (SSSR count). The van der Waals surface area contributed by atoms with Crippen molar-refractivity contribution in [2.24, 2.45) is 0 Å². The van der Waals surface area contributed by atoms with E-state index in [9.17, 15) is 4.79 Å². The van der Waals surface area contributed by atoms with Crippen LogP contribution in [0.3, 0.4) is 0 Å². The van der Waals surface area contributed by atoms with Crippen molar-refractivity contribution in [1.82, 2.24) is 5.32 Å². The highest BCUT2D eigenvalue weighted by Crippen LogP contribution is 2.00. The van der Waals surface area contributed by atoms with Crippen LogP contribution < -0.4 is 5.32 Å². The molecular weight excluding hydrogens is 158 g/mol. The maximum atomic E-state index is 9.99. The van der Waals surface area contributed by atoms with Gasteiger partial charge < -0.3 is 10.4 Å². The molecule has 0 saturated heterocycles. The normalized spacial score (nSPS) is 11.9. The lowest BCUT2D eigenvalue weighted by atomic mass is 10.6. The van der Waals surface area contributed by atoms with E-state index in [0.29, 0.717) is 6.54 Å². The van der Waals surface area contributed by atoms with Gasteiger partial charge in [-0.2, -0.15) is 0 Å². The fraction of sp³-hybridized carbons (Fsp3) is 0.571. The second-order valence-corrected chi connectivity index (χ2v) is 8.52. The molecule has 0 fully saturated rings. The average Bonchev–Trinajstić information content (AvgIpc) is 1.78. The first-order valence-electron chi connectivity index (χ1n) is 3.56. The third-order valence-corrected chi connectivity index (χ3v) is 2.22. The van der Waals surface area contributed by atoms with Crippen molar-refractivity contribution in [3.63, 3.8) is 0 Å². The molecule has 3 nitrogen and oxygen atoms in total. The molecule has 0 unspecified atom stereocenters. The molecule has 0 atom stereocenters. The number of hydrogen-bond donors (Lipinski definition) is 2. The van der Waals surface area contributed by atoms with Crippen molar-refractivity contribution >= 4 is 14.2 Å². The Kier molecular flexibility index (Phi) is 3.88. The van der Waals surface area contributed by atoms with Gasteiger partial charge in [0.05, 0.1) is 8.07 Å². The van der Waals surface area contributed by atoms with Crippen molar-refractivity contribution in [3.05, 3.63) is 11.8 Å². The van der Waals surface area contributed by atoms with E-state index < -0.39 is 14.2 Å². The van der Waals surface area contributed by atoms with Crippen LogP contribution in [0.4, 0.5) is 4.79 Å². The molecule has 4 heteroatoms. The van der Waals surface area contributed by atoms with Gasteiger partial charge in [-0.05, 0) is 0 Å². The largest absolute Gasteiger partial charge is 0.465 e. The van der Waals surface area contributed by atoms with Gasteiger partial charge in [0.1, 0.15) is 0 Å². The maximum Gasteiger partial charge on any atom is 0.404 e. The fourth-order valence-electron chi connectivity index (χ4n) is 0.559. The highest BCUT2D eigenvalue weighted by molar-refractivity contribution is 6.80. The van der Waals surface area contributed by atoms with Gasteiger partial charge in [-0.1, -0.05) is 31.4 Å². The molecule has 11 heavy (non-hydrogen) atoms. The van der Waals surface area contributed by atoms with Crippen LogP contribution in [0.15, 0.2) is 11.8 Å². The van der Waals surface area contributed by atoms with Crippen LogP contribution in [-0.2, 0) is 0 Å². The molecule has 0 bridgehead atoms. The minimum atomic E-state index is -1.14. The minimum absolute atomic E-state index is 0.416. The zero-order valence-electron chi connectivity index (χ0n) is 7.22. The molecule has 0 aliphatic carbocycles. The van der Waals surface area contributed by atoms with E-state index >= 15 is 0 Å². The van der Waals surface area contributed by atoms with Crippen molar-refractivity contribution in [3.8, 4) is 0 Å². The number of hydrogen-bond acceptors (Lipinski definition) is 1. The van der Waals surface area contributed by atoms with E-state index in [-0.39, 0.29) is 0 Å². The summed E-state index contributed by atoms with van der Waals surface area (Å²) in [6, 6.07) is 0. The third-order valence-electron chi connectivity index (χ3n) is 0.989. The summed E-state index contributed by atoms with van der Waals surface area (Å²) in [5, 5.41) is 10.5. The zero-order valence-corrected chi connectivity index (χ0v) is 8.22. The zero-order chi connectivity index (χ0) is 8.91. The summed E-state index contributed by atoms with van der Waals surface area (Å²) < 4.78 is 0. The fourth-order valence-corrected chi connectivity index (χ4v) is 1.38. The Morgan fingerprint density at radius 3 is 2.45 bits per heavy atom. The highest BCUT2D eigenvalue weighted by atomic mass is 28.3. The molecule has 0 aromatic carbocycles. The Morgan fingerprint density at radius 1 is 1.55 bits per heavy atom. The molecule has 1 amide bonds. The minimum Gasteiger partial charge on any atom is -0.465 e. The molecule has 0 saturated carbocycles. The number of carboxylic acid groups (broad SMARTS) is 1. The predicted molar refractivity (Wildman–Crippen MR) is 48.5 cm³/mol. The average molecular weight is 173 g/mol. The van der Waals surface area contributed by atoms with Gasteiger partial charge >= 0.3 is 6.09 Å². The molecule has 0 heterocycles. The van der Waals surface area contributed by atoms with Crippen LogP contribution in [-0.4, -0.2) is 25.8 Å². The third kappa shape index (κ3) is 9.23. The number of nitrogens with one attached hydrogen (secondary N) is 1. The van der Waals surface area contributed by atoms with Gasteiger partial charge in [0.25, 0.3) is 0 Å². The molecule has 0 aliphatic heterocycles. The van der Waals surface area contributed by atoms with E-state index in [2.05, 4.69) is 30.7 Å². The van der Waals surface area contributed by atoms with Crippen molar-refractivity contribution < 1.29 is 9.90 Å². The van der Waals surface area contributed by atoms with Crippen LogP contribution in [0.1, 0.15) is 0 Å². The van der Waals surface area contributed by atoms with Crippen LogP contribution in [0.5, 0.6) is 0 Å². The predicted octanol–water partition coefficient (Wildman–Crippen LogP) is 1.69. The summed E-state index contributed by atoms with van der Waals surface area (Å²) in [6.07, 6.45) is 0.908. The lowest BCUT2D eigenvalue weighted by molar-refractivity contribution is 0.195. The second-order valence-electron chi connectivity index (χ2n) is 3.45. The standard InChI is InChI=1S/C7H15NO2Si/c1-11(2,3)6-4-5-8-7(9)10/h4,6,8H,5H2,1-3H3,(H,9,10)/b6-4+. The highest BCUT2D eigenvalue weighted by Gasteiger charge is 2.05.